The van der Waals surface area contributed by atoms with Crippen LogP contribution in [0.4, 0.5) is 4.79 Å². The molecule has 128 valence electrons. The van der Waals surface area contributed by atoms with Gasteiger partial charge in [-0.05, 0) is 61.6 Å². The third-order valence-corrected chi connectivity index (χ3v) is 5.12. The van der Waals surface area contributed by atoms with Gasteiger partial charge >= 0.3 is 6.03 Å². The lowest BCUT2D eigenvalue weighted by Gasteiger charge is -2.33. The van der Waals surface area contributed by atoms with E-state index < -0.39 is 0 Å². The molecule has 1 fully saturated rings. The lowest BCUT2D eigenvalue weighted by molar-refractivity contribution is 0.163. The molecule has 24 heavy (non-hydrogen) atoms. The van der Waals surface area contributed by atoms with Crippen LogP contribution in [0.2, 0.25) is 0 Å². The van der Waals surface area contributed by atoms with Gasteiger partial charge in [0.2, 0.25) is 0 Å². The number of likely N-dealkylation sites (tertiary alicyclic amines) is 1. The third-order valence-electron chi connectivity index (χ3n) is 4.66. The Balaban J connectivity index is 1.61. The molecule has 1 aliphatic rings. The Bertz CT molecular complexity index is 691. The van der Waals surface area contributed by atoms with Gasteiger partial charge in [0.15, 0.2) is 0 Å². The van der Waals surface area contributed by atoms with Crippen LogP contribution in [0.1, 0.15) is 35.6 Å². The maximum atomic E-state index is 12.6. The number of hydrogen-bond acceptors (Lipinski definition) is 2. The number of aryl methyl sites for hydroxylation is 2. The summed E-state index contributed by atoms with van der Waals surface area (Å²) in [5.74, 6) is 0. The topological polar surface area (TPSA) is 50.2 Å². The summed E-state index contributed by atoms with van der Waals surface area (Å²) in [6.07, 6.45) is 5.84. The SMILES string of the molecule is Cc1cc(Br)cc(C)c1CNC(=O)N1CCCC(n2cccn2)C1. The monoisotopic (exact) mass is 390 g/mol. The van der Waals surface area contributed by atoms with Crippen LogP contribution < -0.4 is 5.32 Å². The molecule has 1 N–H and O–H groups in total. The van der Waals surface area contributed by atoms with Gasteiger partial charge < -0.3 is 10.2 Å². The number of nitrogens with zero attached hydrogens (tertiary/aromatic N) is 3. The molecule has 0 spiro atoms. The standard InChI is InChI=1S/C18H23BrN4O/c1-13-9-15(19)10-14(2)17(13)11-20-18(24)22-7-3-5-16(12-22)23-8-4-6-21-23/h4,6,8-10,16H,3,5,7,11-12H2,1-2H3,(H,20,24). The van der Waals surface area contributed by atoms with Gasteiger partial charge in [-0.25, -0.2) is 4.79 Å². The number of piperidine rings is 1. The van der Waals surface area contributed by atoms with Crippen molar-refractivity contribution in [3.8, 4) is 0 Å². The Hall–Kier alpha value is -1.82. The maximum Gasteiger partial charge on any atom is 0.317 e. The van der Waals surface area contributed by atoms with E-state index in [1.807, 2.05) is 21.8 Å². The molecule has 1 atom stereocenters. The summed E-state index contributed by atoms with van der Waals surface area (Å²) >= 11 is 3.51. The summed E-state index contributed by atoms with van der Waals surface area (Å²) in [6, 6.07) is 6.38. The van der Waals surface area contributed by atoms with E-state index in [2.05, 4.69) is 52.3 Å². The van der Waals surface area contributed by atoms with Gasteiger partial charge in [0, 0.05) is 36.5 Å². The summed E-state index contributed by atoms with van der Waals surface area (Å²) < 4.78 is 3.04. The predicted molar refractivity (Wildman–Crippen MR) is 97.9 cm³/mol. The first kappa shape index (κ1) is 17.0. The largest absolute Gasteiger partial charge is 0.334 e. The fourth-order valence-electron chi connectivity index (χ4n) is 3.35. The van der Waals surface area contributed by atoms with E-state index in [9.17, 15) is 4.79 Å². The average Bonchev–Trinajstić information content (AvgIpc) is 3.08. The van der Waals surface area contributed by atoms with Gasteiger partial charge in [-0.2, -0.15) is 5.10 Å². The van der Waals surface area contributed by atoms with Crippen LogP contribution in [0.15, 0.2) is 35.1 Å². The summed E-state index contributed by atoms with van der Waals surface area (Å²) in [7, 11) is 0. The molecular formula is C18H23BrN4O. The van der Waals surface area contributed by atoms with E-state index in [0.29, 0.717) is 13.1 Å². The molecule has 6 heteroatoms. The van der Waals surface area contributed by atoms with Crippen molar-refractivity contribution in [3.05, 3.63) is 51.8 Å². The number of carbonyl (C=O) groups is 1. The zero-order valence-corrected chi connectivity index (χ0v) is 15.7. The summed E-state index contributed by atoms with van der Waals surface area (Å²) in [4.78, 5) is 14.5. The molecule has 0 bridgehead atoms. The second-order valence-electron chi connectivity index (χ2n) is 6.40. The average molecular weight is 391 g/mol. The fraction of sp³-hybridized carbons (Fsp3) is 0.444. The molecule has 3 rings (SSSR count). The normalized spacial score (nSPS) is 17.8. The molecule has 2 heterocycles. The lowest BCUT2D eigenvalue weighted by atomic mass is 10.0. The fourth-order valence-corrected chi connectivity index (χ4v) is 4.03. The minimum Gasteiger partial charge on any atom is -0.334 e. The van der Waals surface area contributed by atoms with Crippen molar-refractivity contribution in [2.24, 2.45) is 0 Å². The number of rotatable bonds is 3. The van der Waals surface area contributed by atoms with Gasteiger partial charge in [-0.3, -0.25) is 4.68 Å². The summed E-state index contributed by atoms with van der Waals surface area (Å²) in [5, 5.41) is 7.39. The molecule has 1 saturated heterocycles. The number of aromatic nitrogens is 2. The highest BCUT2D eigenvalue weighted by molar-refractivity contribution is 9.10. The summed E-state index contributed by atoms with van der Waals surface area (Å²) in [5.41, 5.74) is 3.57. The molecule has 1 aromatic heterocycles. The molecule has 1 unspecified atom stereocenters. The van der Waals surface area contributed by atoms with E-state index in [0.717, 1.165) is 23.9 Å². The van der Waals surface area contributed by atoms with Gasteiger partial charge in [-0.15, -0.1) is 0 Å². The van der Waals surface area contributed by atoms with Crippen molar-refractivity contribution in [1.82, 2.24) is 20.0 Å². The van der Waals surface area contributed by atoms with Crippen molar-refractivity contribution in [2.75, 3.05) is 13.1 Å². The Morgan fingerprint density at radius 2 is 2.12 bits per heavy atom. The van der Waals surface area contributed by atoms with Crippen molar-refractivity contribution in [2.45, 2.75) is 39.3 Å². The van der Waals surface area contributed by atoms with Crippen molar-refractivity contribution >= 4 is 22.0 Å². The van der Waals surface area contributed by atoms with E-state index in [1.165, 1.54) is 16.7 Å². The molecule has 2 amide bonds. The Kier molecular flexibility index (Phi) is 5.23. The second kappa shape index (κ2) is 7.38. The smallest absolute Gasteiger partial charge is 0.317 e. The van der Waals surface area contributed by atoms with Crippen molar-refractivity contribution in [3.63, 3.8) is 0 Å². The van der Waals surface area contributed by atoms with E-state index in [-0.39, 0.29) is 12.1 Å². The van der Waals surface area contributed by atoms with Gasteiger partial charge in [0.25, 0.3) is 0 Å². The van der Waals surface area contributed by atoms with Gasteiger partial charge in [0.1, 0.15) is 0 Å². The predicted octanol–water partition coefficient (Wildman–Crippen LogP) is 3.81. The molecule has 0 saturated carbocycles. The lowest BCUT2D eigenvalue weighted by Crippen LogP contribution is -2.45. The third kappa shape index (κ3) is 3.80. The number of urea groups is 1. The number of nitrogens with one attached hydrogen (secondary N) is 1. The minimum atomic E-state index is 0.00794. The first-order chi connectivity index (χ1) is 11.5. The van der Waals surface area contributed by atoms with Crippen LogP contribution >= 0.6 is 15.9 Å². The van der Waals surface area contributed by atoms with Crippen LogP contribution in [-0.4, -0.2) is 33.8 Å². The first-order valence-electron chi connectivity index (χ1n) is 8.32. The molecule has 0 aliphatic carbocycles. The molecule has 5 nitrogen and oxygen atoms in total. The first-order valence-corrected chi connectivity index (χ1v) is 9.11. The van der Waals surface area contributed by atoms with Crippen molar-refractivity contribution in [1.29, 1.82) is 0 Å². The molecule has 1 aliphatic heterocycles. The number of carbonyl (C=O) groups excluding carboxylic acids is 1. The highest BCUT2D eigenvalue weighted by Gasteiger charge is 2.24. The van der Waals surface area contributed by atoms with E-state index in [1.54, 1.807) is 6.20 Å². The Labute approximate surface area is 151 Å². The van der Waals surface area contributed by atoms with E-state index >= 15 is 0 Å². The minimum absolute atomic E-state index is 0.00794. The van der Waals surface area contributed by atoms with Crippen LogP contribution in [0.25, 0.3) is 0 Å². The van der Waals surface area contributed by atoms with Gasteiger partial charge in [-0.1, -0.05) is 15.9 Å². The second-order valence-corrected chi connectivity index (χ2v) is 7.32. The van der Waals surface area contributed by atoms with Crippen LogP contribution in [0, 0.1) is 13.8 Å². The highest BCUT2D eigenvalue weighted by Crippen LogP contribution is 2.22. The number of halogens is 1. The van der Waals surface area contributed by atoms with Crippen LogP contribution in [-0.2, 0) is 6.54 Å². The maximum absolute atomic E-state index is 12.6. The number of hydrogen-bond donors (Lipinski definition) is 1. The Morgan fingerprint density at radius 3 is 2.79 bits per heavy atom. The van der Waals surface area contributed by atoms with Crippen LogP contribution in [0.3, 0.4) is 0 Å². The molecule has 1 aromatic carbocycles. The summed E-state index contributed by atoms with van der Waals surface area (Å²) in [6.45, 7) is 6.24. The molecule has 2 aromatic rings. The van der Waals surface area contributed by atoms with Crippen molar-refractivity contribution < 1.29 is 4.79 Å². The van der Waals surface area contributed by atoms with Crippen LogP contribution in [0.5, 0.6) is 0 Å². The number of benzene rings is 1. The highest BCUT2D eigenvalue weighted by atomic mass is 79.9. The zero-order chi connectivity index (χ0) is 17.1. The number of amides is 2. The quantitative estimate of drug-likeness (QED) is 0.865. The Morgan fingerprint density at radius 1 is 1.38 bits per heavy atom. The zero-order valence-electron chi connectivity index (χ0n) is 14.1. The van der Waals surface area contributed by atoms with E-state index in [4.69, 9.17) is 0 Å². The van der Waals surface area contributed by atoms with Gasteiger partial charge in [0.05, 0.1) is 6.04 Å². The molecular weight excluding hydrogens is 368 g/mol. The molecule has 0 radical (unpaired) electrons.